The lowest BCUT2D eigenvalue weighted by atomic mass is 10.2. The van der Waals surface area contributed by atoms with Gasteiger partial charge in [-0.15, -0.1) is 0 Å². The zero-order valence-electron chi connectivity index (χ0n) is 21.1. The first-order chi connectivity index (χ1) is 16.4. The summed E-state index contributed by atoms with van der Waals surface area (Å²) in [5.41, 5.74) is -0.0516. The van der Waals surface area contributed by atoms with Crippen LogP contribution in [0.2, 0.25) is 10.1 Å². The molecule has 0 N–H and O–H groups in total. The average Bonchev–Trinajstić information content (AvgIpc) is 3.41. The standard InChI is InChI=1S/C25H34N2O7Si/c1-23(2,3)35(24(4,5)6)31-15-18-20(34-35)21-25(32-18,33-21)27-13-12-19(28)26(22(27)29)16-30-14-17-10-8-7-9-11-17/h7-13,18,20-21H,14-16H2,1-6H3/t18-,20-,21-,25+/m1/s1. The van der Waals surface area contributed by atoms with E-state index >= 15 is 0 Å². The van der Waals surface area contributed by atoms with Crippen LogP contribution in [0.4, 0.5) is 0 Å². The van der Waals surface area contributed by atoms with Crippen LogP contribution in [0.5, 0.6) is 0 Å². The van der Waals surface area contributed by atoms with Gasteiger partial charge in [-0.2, -0.15) is 0 Å². The largest absolute Gasteiger partial charge is 0.391 e. The predicted octanol–water partition coefficient (Wildman–Crippen LogP) is 3.05. The zero-order chi connectivity index (χ0) is 25.2. The van der Waals surface area contributed by atoms with E-state index in [2.05, 4.69) is 41.5 Å². The monoisotopic (exact) mass is 502 g/mol. The van der Waals surface area contributed by atoms with E-state index in [1.165, 1.54) is 16.8 Å². The Hall–Kier alpha value is -2.08. The molecule has 3 aliphatic heterocycles. The normalized spacial score (nSPS) is 29.5. The molecule has 1 aromatic heterocycles. The van der Waals surface area contributed by atoms with Gasteiger partial charge in [0.2, 0.25) is 0 Å². The van der Waals surface area contributed by atoms with Gasteiger partial charge in [0.15, 0.2) is 6.10 Å². The molecule has 4 atom stereocenters. The number of epoxide rings is 1. The molecular weight excluding hydrogens is 468 g/mol. The maximum atomic E-state index is 13.3. The molecule has 1 aromatic carbocycles. The van der Waals surface area contributed by atoms with Crippen molar-refractivity contribution in [1.82, 2.24) is 9.13 Å². The molecule has 4 heterocycles. The van der Waals surface area contributed by atoms with Crippen molar-refractivity contribution in [1.29, 1.82) is 0 Å². The summed E-state index contributed by atoms with van der Waals surface area (Å²) in [6.07, 6.45) is 0.257. The van der Waals surface area contributed by atoms with Crippen LogP contribution in [0.1, 0.15) is 47.1 Å². The van der Waals surface area contributed by atoms with Crippen LogP contribution in [0.25, 0.3) is 0 Å². The van der Waals surface area contributed by atoms with Gasteiger partial charge in [0.25, 0.3) is 11.5 Å². The Bertz CT molecular complexity index is 1200. The molecule has 0 amide bonds. The molecule has 0 unspecified atom stereocenters. The second kappa shape index (κ2) is 8.22. The van der Waals surface area contributed by atoms with E-state index in [-0.39, 0.29) is 35.6 Å². The lowest BCUT2D eigenvalue weighted by molar-refractivity contribution is -0.184. The first-order valence-corrected chi connectivity index (χ1v) is 13.8. The third kappa shape index (κ3) is 3.87. The van der Waals surface area contributed by atoms with Gasteiger partial charge in [-0.3, -0.25) is 4.79 Å². The summed E-state index contributed by atoms with van der Waals surface area (Å²) >= 11 is 0. The van der Waals surface area contributed by atoms with E-state index in [1.807, 2.05) is 30.3 Å². The molecule has 35 heavy (non-hydrogen) atoms. The number of rotatable bonds is 5. The fourth-order valence-corrected chi connectivity index (χ4v) is 10.5. The van der Waals surface area contributed by atoms with Crippen LogP contribution in [0.3, 0.4) is 0 Å². The molecule has 10 heteroatoms. The molecule has 3 aliphatic rings. The summed E-state index contributed by atoms with van der Waals surface area (Å²) in [6, 6.07) is 10.9. The first-order valence-electron chi connectivity index (χ1n) is 12.0. The number of benzene rings is 1. The summed E-state index contributed by atoms with van der Waals surface area (Å²) in [4.78, 5) is 25.8. The van der Waals surface area contributed by atoms with Crippen LogP contribution < -0.4 is 11.2 Å². The Morgan fingerprint density at radius 2 is 1.71 bits per heavy atom. The smallest absolute Gasteiger partial charge is 0.349 e. The van der Waals surface area contributed by atoms with Crippen molar-refractivity contribution in [2.75, 3.05) is 6.61 Å². The number of aromatic nitrogens is 2. The van der Waals surface area contributed by atoms with Gasteiger partial charge in [-0.05, 0) is 5.56 Å². The summed E-state index contributed by atoms with van der Waals surface area (Å²) in [5, 5.41) is -0.368. The van der Waals surface area contributed by atoms with Crippen LogP contribution in [-0.2, 0) is 42.3 Å². The minimum atomic E-state index is -2.73. The number of hydrogen-bond donors (Lipinski definition) is 0. The van der Waals surface area contributed by atoms with Crippen molar-refractivity contribution in [3.8, 4) is 0 Å². The van der Waals surface area contributed by atoms with Crippen molar-refractivity contribution < 1.29 is 23.1 Å². The van der Waals surface area contributed by atoms with E-state index in [1.54, 1.807) is 0 Å². The molecule has 5 rings (SSSR count). The van der Waals surface area contributed by atoms with E-state index in [0.717, 1.165) is 10.1 Å². The van der Waals surface area contributed by atoms with Gasteiger partial charge in [-0.1, -0.05) is 71.9 Å². The molecule has 2 aromatic rings. The Balaban J connectivity index is 1.39. The maximum absolute atomic E-state index is 13.3. The molecule has 9 nitrogen and oxygen atoms in total. The van der Waals surface area contributed by atoms with Crippen LogP contribution >= 0.6 is 0 Å². The molecular formula is C25H34N2O7Si. The topological polar surface area (TPSA) is 93.5 Å². The maximum Gasteiger partial charge on any atom is 0.349 e. The minimum absolute atomic E-state index is 0.176. The number of hydrogen-bond acceptors (Lipinski definition) is 7. The Labute approximate surface area is 205 Å². The predicted molar refractivity (Wildman–Crippen MR) is 130 cm³/mol. The van der Waals surface area contributed by atoms with E-state index < -0.39 is 31.8 Å². The molecule has 0 saturated carbocycles. The Morgan fingerprint density at radius 1 is 1.03 bits per heavy atom. The number of fused-ring (bicyclic) bond motifs is 3. The molecule has 0 radical (unpaired) electrons. The molecule has 3 saturated heterocycles. The second-order valence-electron chi connectivity index (χ2n) is 11.5. The van der Waals surface area contributed by atoms with Crippen molar-refractivity contribution in [2.24, 2.45) is 0 Å². The van der Waals surface area contributed by atoms with Crippen molar-refractivity contribution >= 4 is 8.56 Å². The summed E-state index contributed by atoms with van der Waals surface area (Å²) in [5.74, 6) is -1.30. The lowest BCUT2D eigenvalue weighted by Crippen LogP contribution is -2.65. The fourth-order valence-electron chi connectivity index (χ4n) is 5.55. The highest BCUT2D eigenvalue weighted by Crippen LogP contribution is 2.60. The third-order valence-electron chi connectivity index (χ3n) is 7.05. The highest BCUT2D eigenvalue weighted by Gasteiger charge is 2.77. The van der Waals surface area contributed by atoms with Gasteiger partial charge in [0.1, 0.15) is 18.9 Å². The van der Waals surface area contributed by atoms with Crippen LogP contribution in [-0.4, -0.2) is 42.6 Å². The van der Waals surface area contributed by atoms with Gasteiger partial charge >= 0.3 is 14.3 Å². The van der Waals surface area contributed by atoms with E-state index in [0.29, 0.717) is 6.61 Å². The van der Waals surface area contributed by atoms with Crippen LogP contribution in [0, 0.1) is 0 Å². The Kier molecular flexibility index (Phi) is 5.78. The fraction of sp³-hybridized carbons (Fsp3) is 0.600. The van der Waals surface area contributed by atoms with Crippen molar-refractivity contribution in [3.63, 3.8) is 0 Å². The van der Waals surface area contributed by atoms with Crippen molar-refractivity contribution in [3.05, 3.63) is 69.0 Å². The first kappa shape index (κ1) is 24.6. The highest BCUT2D eigenvalue weighted by atomic mass is 28.4. The summed E-state index contributed by atoms with van der Waals surface area (Å²) in [6.45, 7) is 13.4. The highest BCUT2D eigenvalue weighted by molar-refractivity contribution is 6.73. The summed E-state index contributed by atoms with van der Waals surface area (Å²) in [7, 11) is -2.73. The van der Waals surface area contributed by atoms with Crippen molar-refractivity contribution in [2.45, 2.75) is 89.2 Å². The number of ether oxygens (including phenoxy) is 3. The van der Waals surface area contributed by atoms with Gasteiger partial charge in [0, 0.05) is 22.3 Å². The molecule has 0 aliphatic carbocycles. The van der Waals surface area contributed by atoms with Gasteiger partial charge in [0.05, 0.1) is 13.2 Å². The molecule has 0 spiro atoms. The quantitative estimate of drug-likeness (QED) is 0.458. The van der Waals surface area contributed by atoms with Crippen LogP contribution in [0.15, 0.2) is 52.2 Å². The zero-order valence-corrected chi connectivity index (χ0v) is 22.1. The average molecular weight is 503 g/mol. The van der Waals surface area contributed by atoms with E-state index in [4.69, 9.17) is 23.1 Å². The lowest BCUT2D eigenvalue weighted by Gasteiger charge is -2.53. The minimum Gasteiger partial charge on any atom is -0.391 e. The summed E-state index contributed by atoms with van der Waals surface area (Å²) < 4.78 is 33.6. The van der Waals surface area contributed by atoms with Gasteiger partial charge in [-0.25, -0.2) is 13.9 Å². The Morgan fingerprint density at radius 3 is 2.37 bits per heavy atom. The number of nitrogens with zero attached hydrogens (tertiary/aromatic N) is 2. The molecule has 0 bridgehead atoms. The third-order valence-corrected chi connectivity index (χ3v) is 12.2. The molecule has 190 valence electrons. The second-order valence-corrected chi connectivity index (χ2v) is 16.3. The SMILES string of the molecule is CC(C)(C)[Si]1(C(C)(C)C)OC[C@H]2O[C@]3(n4ccc(=O)n(COCc5ccccc5)c4=O)O[C@@H]3[C@@H]2O1. The van der Waals surface area contributed by atoms with Gasteiger partial charge < -0.3 is 23.1 Å². The van der Waals surface area contributed by atoms with E-state index in [9.17, 15) is 9.59 Å². The molecule has 3 fully saturated rings.